The largest absolute Gasteiger partial charge is 0.416 e. The third-order valence-electron chi connectivity index (χ3n) is 10.0. The van der Waals surface area contributed by atoms with Gasteiger partial charge in [0.2, 0.25) is 5.91 Å². The number of likely N-dealkylation sites (tertiary alicyclic amines) is 1. The van der Waals surface area contributed by atoms with Crippen molar-refractivity contribution in [1.29, 1.82) is 0 Å². The highest BCUT2D eigenvalue weighted by Crippen LogP contribution is 2.39. The molecule has 2 aliphatic heterocycles. The normalized spacial score (nSPS) is 23.2. The molecule has 0 bridgehead atoms. The summed E-state index contributed by atoms with van der Waals surface area (Å²) in [5.74, 6) is -0.449. The number of hydrogen-bond donors (Lipinski definition) is 0. The van der Waals surface area contributed by atoms with Gasteiger partial charge in [0, 0.05) is 50.7 Å². The number of benzene rings is 2. The first-order valence-corrected chi connectivity index (χ1v) is 15.9. The molecule has 0 aromatic heterocycles. The summed E-state index contributed by atoms with van der Waals surface area (Å²) >= 11 is 0. The molecule has 242 valence electrons. The van der Waals surface area contributed by atoms with Crippen molar-refractivity contribution in [2.45, 2.75) is 88.5 Å². The maximum atomic E-state index is 13.5. The Hall–Kier alpha value is -2.59. The Morgan fingerprint density at radius 3 is 2.02 bits per heavy atom. The second-order valence-corrected chi connectivity index (χ2v) is 13.1. The maximum Gasteiger partial charge on any atom is 0.416 e. The average Bonchev–Trinajstić information content (AvgIpc) is 3.00. The molecule has 1 atom stereocenters. The van der Waals surface area contributed by atoms with Gasteiger partial charge in [0.05, 0.1) is 17.5 Å². The molecule has 1 aliphatic carbocycles. The van der Waals surface area contributed by atoms with E-state index in [1.807, 2.05) is 6.92 Å². The molecule has 44 heavy (non-hydrogen) atoms. The molecule has 1 unspecified atom stereocenters. The fourth-order valence-electron chi connectivity index (χ4n) is 7.41. The van der Waals surface area contributed by atoms with E-state index < -0.39 is 35.8 Å². The van der Waals surface area contributed by atoms with Crippen LogP contribution in [0.1, 0.15) is 79.2 Å². The lowest BCUT2D eigenvalue weighted by atomic mass is 9.71. The first-order chi connectivity index (χ1) is 20.8. The van der Waals surface area contributed by atoms with Crippen LogP contribution in [0.15, 0.2) is 42.5 Å². The van der Waals surface area contributed by atoms with E-state index in [1.165, 1.54) is 32.1 Å². The topological polar surface area (TPSA) is 26.8 Å². The molecule has 2 aromatic rings. The summed E-state index contributed by atoms with van der Waals surface area (Å²) in [5.41, 5.74) is -1.17. The Morgan fingerprint density at radius 2 is 1.43 bits per heavy atom. The van der Waals surface area contributed by atoms with Gasteiger partial charge in [-0.1, -0.05) is 49.1 Å². The molecule has 0 radical (unpaired) electrons. The van der Waals surface area contributed by atoms with Crippen molar-refractivity contribution in [3.05, 3.63) is 70.3 Å². The van der Waals surface area contributed by atoms with Crippen molar-refractivity contribution < 1.29 is 31.1 Å². The molecule has 2 saturated heterocycles. The minimum atomic E-state index is -4.95. The highest BCUT2D eigenvalue weighted by Gasteiger charge is 2.40. The number of piperidine rings is 1. The average molecular weight is 624 g/mol. The summed E-state index contributed by atoms with van der Waals surface area (Å²) in [6, 6.07) is 10.5. The zero-order valence-corrected chi connectivity index (χ0v) is 25.5. The number of alkyl halides is 6. The molecule has 1 saturated carbocycles. The molecular formula is C34H43F6N3O. The Kier molecular flexibility index (Phi) is 10.00. The van der Waals surface area contributed by atoms with Gasteiger partial charge in [0.1, 0.15) is 0 Å². The van der Waals surface area contributed by atoms with Crippen molar-refractivity contribution in [3.8, 4) is 0 Å². The van der Waals surface area contributed by atoms with Crippen LogP contribution in [0.25, 0.3) is 0 Å². The Labute approximate surface area is 256 Å². The number of hydrogen-bond acceptors (Lipinski definition) is 3. The zero-order chi connectivity index (χ0) is 31.5. The number of aryl methyl sites for hydroxylation is 1. The Balaban J connectivity index is 1.30. The van der Waals surface area contributed by atoms with Gasteiger partial charge >= 0.3 is 12.4 Å². The van der Waals surface area contributed by atoms with Crippen LogP contribution < -0.4 is 0 Å². The van der Waals surface area contributed by atoms with E-state index in [0.29, 0.717) is 37.7 Å². The van der Waals surface area contributed by atoms with Gasteiger partial charge in [0.25, 0.3) is 0 Å². The van der Waals surface area contributed by atoms with Crippen LogP contribution in [0.3, 0.4) is 0 Å². The number of carbonyl (C=O) groups excluding carboxylic acids is 1. The highest BCUT2D eigenvalue weighted by atomic mass is 19.4. The molecule has 3 fully saturated rings. The van der Waals surface area contributed by atoms with E-state index in [0.717, 1.165) is 56.7 Å². The van der Waals surface area contributed by atoms with Gasteiger partial charge in [-0.05, 0) is 74.9 Å². The summed E-state index contributed by atoms with van der Waals surface area (Å²) in [4.78, 5) is 20.3. The van der Waals surface area contributed by atoms with Gasteiger partial charge in [-0.2, -0.15) is 26.3 Å². The lowest BCUT2D eigenvalue weighted by Crippen LogP contribution is -2.53. The van der Waals surface area contributed by atoms with E-state index in [4.69, 9.17) is 0 Å². The SMILES string of the molecule is Cc1ccc(C2(CCN3CCN(C4CCCCC4)CC3)CCCN(C(=O)Cc3cc(C(F)(F)F)cc(C(F)(F)F)c3)C2)cc1. The second-order valence-electron chi connectivity index (χ2n) is 13.1. The molecule has 4 nitrogen and oxygen atoms in total. The van der Waals surface area contributed by atoms with E-state index in [1.54, 1.807) is 4.90 Å². The van der Waals surface area contributed by atoms with Gasteiger partial charge in [-0.25, -0.2) is 0 Å². The lowest BCUT2D eigenvalue weighted by molar-refractivity contribution is -0.143. The number of piperazine rings is 1. The van der Waals surface area contributed by atoms with Gasteiger partial charge < -0.3 is 9.80 Å². The predicted molar refractivity (Wildman–Crippen MR) is 158 cm³/mol. The van der Waals surface area contributed by atoms with Crippen LogP contribution in [-0.4, -0.2) is 72.5 Å². The third-order valence-corrected chi connectivity index (χ3v) is 10.0. The van der Waals surface area contributed by atoms with Crippen LogP contribution in [0, 0.1) is 6.92 Å². The van der Waals surface area contributed by atoms with Crippen molar-refractivity contribution in [1.82, 2.24) is 14.7 Å². The Morgan fingerprint density at radius 1 is 0.818 bits per heavy atom. The summed E-state index contributed by atoms with van der Waals surface area (Å²) in [6.07, 6.45) is -1.46. The van der Waals surface area contributed by atoms with E-state index in [2.05, 4.69) is 34.1 Å². The van der Waals surface area contributed by atoms with E-state index >= 15 is 0 Å². The summed E-state index contributed by atoms with van der Waals surface area (Å²) in [6.45, 7) is 7.83. The minimum Gasteiger partial charge on any atom is -0.342 e. The van der Waals surface area contributed by atoms with Crippen LogP contribution >= 0.6 is 0 Å². The van der Waals surface area contributed by atoms with Gasteiger partial charge in [-0.3, -0.25) is 9.69 Å². The van der Waals surface area contributed by atoms with Crippen molar-refractivity contribution >= 4 is 5.91 Å². The minimum absolute atomic E-state index is 0.103. The zero-order valence-electron chi connectivity index (χ0n) is 25.5. The highest BCUT2D eigenvalue weighted by molar-refractivity contribution is 5.79. The standard InChI is InChI=1S/C34H43F6N3O/c1-25-8-10-27(11-9-25)32(13-15-41-16-18-42(19-17-41)30-6-3-2-4-7-30)12-5-14-43(24-32)31(44)22-26-20-28(33(35,36)37)23-29(21-26)34(38,39)40/h8-11,20-21,23,30H,2-7,12-19,22,24H2,1H3. The van der Waals surface area contributed by atoms with Crippen LogP contribution in [0.4, 0.5) is 26.3 Å². The van der Waals surface area contributed by atoms with Crippen molar-refractivity contribution in [3.63, 3.8) is 0 Å². The number of halogens is 6. The van der Waals surface area contributed by atoms with Crippen LogP contribution in [0.5, 0.6) is 0 Å². The predicted octanol–water partition coefficient (Wildman–Crippen LogP) is 7.48. The molecule has 1 amide bonds. The number of amides is 1. The quantitative estimate of drug-likeness (QED) is 0.300. The Bertz CT molecular complexity index is 1230. The third kappa shape index (κ3) is 7.97. The molecule has 2 heterocycles. The monoisotopic (exact) mass is 623 g/mol. The lowest BCUT2D eigenvalue weighted by Gasteiger charge is -2.46. The molecule has 2 aromatic carbocycles. The molecule has 5 rings (SSSR count). The number of nitrogens with zero attached hydrogens (tertiary/aromatic N) is 3. The number of rotatable bonds is 7. The van der Waals surface area contributed by atoms with Crippen molar-refractivity contribution in [2.75, 3.05) is 45.8 Å². The molecule has 0 spiro atoms. The molecule has 0 N–H and O–H groups in total. The first kappa shape index (κ1) is 32.8. The second kappa shape index (κ2) is 13.4. The smallest absolute Gasteiger partial charge is 0.342 e. The van der Waals surface area contributed by atoms with Crippen molar-refractivity contribution in [2.24, 2.45) is 0 Å². The molecular weight excluding hydrogens is 580 g/mol. The summed E-state index contributed by atoms with van der Waals surface area (Å²) in [5, 5.41) is 0. The maximum absolute atomic E-state index is 13.5. The van der Waals surface area contributed by atoms with E-state index in [9.17, 15) is 31.1 Å². The van der Waals surface area contributed by atoms with Gasteiger partial charge in [0.15, 0.2) is 0 Å². The fourth-order valence-corrected chi connectivity index (χ4v) is 7.41. The summed E-state index contributed by atoms with van der Waals surface area (Å²) in [7, 11) is 0. The molecule has 10 heteroatoms. The van der Waals surface area contributed by atoms with E-state index in [-0.39, 0.29) is 17.0 Å². The summed E-state index contributed by atoms with van der Waals surface area (Å²) < 4.78 is 80.6. The molecule has 3 aliphatic rings. The fraction of sp³-hybridized carbons (Fsp3) is 0.618. The number of carbonyl (C=O) groups is 1. The van der Waals surface area contributed by atoms with Crippen LogP contribution in [0.2, 0.25) is 0 Å². The van der Waals surface area contributed by atoms with Gasteiger partial charge in [-0.15, -0.1) is 0 Å². The first-order valence-electron chi connectivity index (χ1n) is 15.9. The van der Waals surface area contributed by atoms with Crippen LogP contribution in [-0.2, 0) is 29.0 Å².